The summed E-state index contributed by atoms with van der Waals surface area (Å²) in [6, 6.07) is 0.624. The average Bonchev–Trinajstić information content (AvgIpc) is 2.29. The molecule has 1 saturated carbocycles. The maximum atomic E-state index is 13.3. The highest BCUT2D eigenvalue weighted by Gasteiger charge is 2.36. The number of nitrogens with zero attached hydrogens (tertiary/aromatic N) is 1. The predicted molar refractivity (Wildman–Crippen MR) is 65.4 cm³/mol. The Labute approximate surface area is 103 Å². The lowest BCUT2D eigenvalue weighted by molar-refractivity contribution is -0.0577. The molecule has 0 amide bonds. The zero-order chi connectivity index (χ0) is 12.3. The van der Waals surface area contributed by atoms with Crippen molar-refractivity contribution < 1.29 is 8.78 Å². The third kappa shape index (κ3) is 3.88. The Bertz CT molecular complexity index is 238. The van der Waals surface area contributed by atoms with Crippen molar-refractivity contribution in [3.8, 4) is 0 Å². The Kier molecular flexibility index (Phi) is 4.36. The number of likely N-dealkylation sites (tertiary alicyclic amines) is 1. The van der Waals surface area contributed by atoms with E-state index in [2.05, 4.69) is 10.2 Å². The highest BCUT2D eigenvalue weighted by atomic mass is 19.3. The Hall–Kier alpha value is -0.220. The van der Waals surface area contributed by atoms with E-state index in [1.54, 1.807) is 0 Å². The van der Waals surface area contributed by atoms with Crippen LogP contribution in [0.1, 0.15) is 38.5 Å². The van der Waals surface area contributed by atoms with Crippen molar-refractivity contribution in [3.63, 3.8) is 0 Å². The molecule has 2 aliphatic rings. The first-order valence-electron chi connectivity index (χ1n) is 6.86. The van der Waals surface area contributed by atoms with Crippen molar-refractivity contribution in [2.45, 2.75) is 50.5 Å². The van der Waals surface area contributed by atoms with Crippen LogP contribution in [-0.4, -0.2) is 43.5 Å². The van der Waals surface area contributed by atoms with E-state index < -0.39 is 5.92 Å². The van der Waals surface area contributed by atoms with Crippen LogP contribution < -0.4 is 5.32 Å². The molecule has 1 saturated heterocycles. The molecule has 1 atom stereocenters. The molecular formula is C13H24F2N2. The fraction of sp³-hybridized carbons (Fsp3) is 1.00. The van der Waals surface area contributed by atoms with Crippen LogP contribution in [0.2, 0.25) is 0 Å². The molecule has 100 valence electrons. The van der Waals surface area contributed by atoms with Crippen LogP contribution in [0.15, 0.2) is 0 Å². The molecule has 0 radical (unpaired) electrons. The van der Waals surface area contributed by atoms with Gasteiger partial charge >= 0.3 is 0 Å². The summed E-state index contributed by atoms with van der Waals surface area (Å²) >= 11 is 0. The first kappa shape index (κ1) is 13.2. The molecule has 0 aromatic heterocycles. The molecule has 1 aliphatic carbocycles. The van der Waals surface area contributed by atoms with E-state index in [0.717, 1.165) is 38.9 Å². The third-order valence-corrected chi connectivity index (χ3v) is 4.25. The minimum Gasteiger partial charge on any atom is -0.317 e. The van der Waals surface area contributed by atoms with Gasteiger partial charge in [-0.25, -0.2) is 8.78 Å². The Morgan fingerprint density at radius 2 is 1.94 bits per heavy atom. The fourth-order valence-electron chi connectivity index (χ4n) is 3.20. The lowest BCUT2D eigenvalue weighted by Crippen LogP contribution is -2.44. The summed E-state index contributed by atoms with van der Waals surface area (Å²) in [4.78, 5) is 2.37. The van der Waals surface area contributed by atoms with E-state index in [1.165, 1.54) is 0 Å². The van der Waals surface area contributed by atoms with Crippen molar-refractivity contribution in [1.82, 2.24) is 10.2 Å². The Morgan fingerprint density at radius 3 is 2.53 bits per heavy atom. The molecule has 2 nitrogen and oxygen atoms in total. The number of hydrogen-bond donors (Lipinski definition) is 1. The lowest BCUT2D eigenvalue weighted by Gasteiger charge is -2.36. The van der Waals surface area contributed by atoms with Crippen molar-refractivity contribution in [1.29, 1.82) is 0 Å². The van der Waals surface area contributed by atoms with Crippen molar-refractivity contribution in [2.24, 2.45) is 5.92 Å². The maximum Gasteiger partial charge on any atom is 0.248 e. The van der Waals surface area contributed by atoms with E-state index in [9.17, 15) is 8.78 Å². The fourth-order valence-corrected chi connectivity index (χ4v) is 3.20. The van der Waals surface area contributed by atoms with Gasteiger partial charge in [0.2, 0.25) is 5.92 Å². The van der Waals surface area contributed by atoms with Crippen LogP contribution in [0.3, 0.4) is 0 Å². The van der Waals surface area contributed by atoms with Gasteiger partial charge in [-0.2, -0.15) is 0 Å². The van der Waals surface area contributed by atoms with Gasteiger partial charge in [0.25, 0.3) is 0 Å². The summed E-state index contributed by atoms with van der Waals surface area (Å²) in [5, 5.41) is 3.29. The van der Waals surface area contributed by atoms with Gasteiger partial charge < -0.3 is 10.2 Å². The molecular weight excluding hydrogens is 222 g/mol. The Morgan fingerprint density at radius 1 is 1.24 bits per heavy atom. The molecule has 0 bridgehead atoms. The predicted octanol–water partition coefficient (Wildman–Crippen LogP) is 2.50. The number of piperidine rings is 1. The summed E-state index contributed by atoms with van der Waals surface area (Å²) in [5.41, 5.74) is 0. The molecule has 1 N–H and O–H groups in total. The number of nitrogens with one attached hydrogen (secondary N) is 1. The summed E-state index contributed by atoms with van der Waals surface area (Å²) in [7, 11) is 2.00. The second-order valence-electron chi connectivity index (χ2n) is 5.68. The highest BCUT2D eigenvalue weighted by molar-refractivity contribution is 4.83. The number of hydrogen-bond acceptors (Lipinski definition) is 2. The lowest BCUT2D eigenvalue weighted by atomic mass is 9.86. The largest absolute Gasteiger partial charge is 0.317 e. The van der Waals surface area contributed by atoms with Gasteiger partial charge in [-0.1, -0.05) is 0 Å². The summed E-state index contributed by atoms with van der Waals surface area (Å²) < 4.78 is 26.6. The van der Waals surface area contributed by atoms with Crippen LogP contribution in [0, 0.1) is 5.92 Å². The van der Waals surface area contributed by atoms with Crippen molar-refractivity contribution >= 4 is 0 Å². The minimum absolute atomic E-state index is 0.103. The van der Waals surface area contributed by atoms with Crippen molar-refractivity contribution in [3.05, 3.63) is 0 Å². The number of alkyl halides is 2. The molecule has 0 aromatic rings. The molecule has 1 heterocycles. The monoisotopic (exact) mass is 246 g/mol. The first-order valence-corrected chi connectivity index (χ1v) is 6.86. The minimum atomic E-state index is -2.40. The van der Waals surface area contributed by atoms with Crippen LogP contribution in [0.5, 0.6) is 0 Å². The molecule has 2 rings (SSSR count). The highest BCUT2D eigenvalue weighted by Crippen LogP contribution is 2.37. The topological polar surface area (TPSA) is 15.3 Å². The van der Waals surface area contributed by atoms with Gasteiger partial charge in [-0.05, 0) is 51.7 Å². The van der Waals surface area contributed by atoms with Crippen LogP contribution >= 0.6 is 0 Å². The third-order valence-electron chi connectivity index (χ3n) is 4.25. The zero-order valence-electron chi connectivity index (χ0n) is 10.7. The maximum absolute atomic E-state index is 13.3. The number of rotatable bonds is 3. The van der Waals surface area contributed by atoms with E-state index in [4.69, 9.17) is 0 Å². The van der Waals surface area contributed by atoms with Gasteiger partial charge in [-0.15, -0.1) is 0 Å². The second-order valence-corrected chi connectivity index (χ2v) is 5.68. The Balaban J connectivity index is 1.74. The van der Waals surface area contributed by atoms with Gasteiger partial charge in [0, 0.05) is 25.4 Å². The normalized spacial score (nSPS) is 31.6. The SMILES string of the molecule is CNC1CCN(CC2CCCC(F)(F)C2)CC1. The van der Waals surface area contributed by atoms with Crippen LogP contribution in [-0.2, 0) is 0 Å². The van der Waals surface area contributed by atoms with E-state index in [-0.39, 0.29) is 18.8 Å². The van der Waals surface area contributed by atoms with Crippen molar-refractivity contribution in [2.75, 3.05) is 26.7 Å². The van der Waals surface area contributed by atoms with Gasteiger partial charge in [0.15, 0.2) is 0 Å². The number of halogens is 2. The molecule has 4 heteroatoms. The first-order chi connectivity index (χ1) is 8.09. The molecule has 2 fully saturated rings. The van der Waals surface area contributed by atoms with Gasteiger partial charge in [-0.3, -0.25) is 0 Å². The molecule has 17 heavy (non-hydrogen) atoms. The molecule has 1 unspecified atom stereocenters. The van der Waals surface area contributed by atoms with E-state index in [0.29, 0.717) is 12.5 Å². The van der Waals surface area contributed by atoms with Gasteiger partial charge in [0.1, 0.15) is 0 Å². The summed E-state index contributed by atoms with van der Waals surface area (Å²) in [6.45, 7) is 3.01. The quantitative estimate of drug-likeness (QED) is 0.823. The molecule has 0 spiro atoms. The van der Waals surface area contributed by atoms with Gasteiger partial charge in [0.05, 0.1) is 0 Å². The summed E-state index contributed by atoms with van der Waals surface area (Å²) in [5.74, 6) is -2.18. The zero-order valence-corrected chi connectivity index (χ0v) is 10.7. The molecule has 1 aliphatic heterocycles. The second kappa shape index (κ2) is 5.61. The standard InChI is InChI=1S/C13H24F2N2/c1-16-12-4-7-17(8-5-12)10-11-3-2-6-13(14,15)9-11/h11-12,16H,2-10H2,1H3. The smallest absolute Gasteiger partial charge is 0.248 e. The molecule has 0 aromatic carbocycles. The van der Waals surface area contributed by atoms with Crippen LogP contribution in [0.25, 0.3) is 0 Å². The summed E-state index contributed by atoms with van der Waals surface area (Å²) in [6.07, 6.45) is 4.20. The van der Waals surface area contributed by atoms with E-state index >= 15 is 0 Å². The van der Waals surface area contributed by atoms with Crippen LogP contribution in [0.4, 0.5) is 8.78 Å². The van der Waals surface area contributed by atoms with E-state index in [1.807, 2.05) is 7.05 Å². The average molecular weight is 246 g/mol.